The van der Waals surface area contributed by atoms with E-state index in [1.165, 1.54) is 7.11 Å². The molecule has 5 heteroatoms. The Morgan fingerprint density at radius 3 is 2.94 bits per heavy atom. The van der Waals surface area contributed by atoms with Crippen LogP contribution < -0.4 is 5.73 Å². The van der Waals surface area contributed by atoms with E-state index in [1.54, 1.807) is 24.4 Å². The first-order valence-corrected chi connectivity index (χ1v) is 5.67. The van der Waals surface area contributed by atoms with Crippen molar-refractivity contribution in [2.45, 2.75) is 13.3 Å². The molecule has 0 aliphatic carbocycles. The summed E-state index contributed by atoms with van der Waals surface area (Å²) in [6, 6.07) is 5.05. The molecule has 2 rings (SSSR count). The first-order valence-electron chi connectivity index (χ1n) is 5.67. The number of benzene rings is 1. The van der Waals surface area contributed by atoms with Gasteiger partial charge >= 0.3 is 5.97 Å². The van der Waals surface area contributed by atoms with Crippen molar-refractivity contribution >= 4 is 11.7 Å². The predicted octanol–water partition coefficient (Wildman–Crippen LogP) is 1.80. The number of nitrogens with two attached hydrogens (primary N) is 1. The van der Waals surface area contributed by atoms with Crippen LogP contribution in [0.15, 0.2) is 30.6 Å². The van der Waals surface area contributed by atoms with Gasteiger partial charge in [-0.15, -0.1) is 0 Å². The molecule has 0 saturated heterocycles. The maximum atomic E-state index is 11.5. The van der Waals surface area contributed by atoms with Crippen molar-refractivity contribution in [2.75, 3.05) is 12.8 Å². The van der Waals surface area contributed by atoms with Gasteiger partial charge in [-0.25, -0.2) is 9.78 Å². The normalized spacial score (nSPS) is 10.3. The van der Waals surface area contributed by atoms with E-state index in [4.69, 9.17) is 10.5 Å². The van der Waals surface area contributed by atoms with Gasteiger partial charge in [-0.3, -0.25) is 0 Å². The number of methoxy groups -OCH3 is 1. The molecular weight excluding hydrogens is 230 g/mol. The molecule has 0 radical (unpaired) electrons. The van der Waals surface area contributed by atoms with E-state index in [1.807, 2.05) is 17.7 Å². The number of hydrogen-bond acceptors (Lipinski definition) is 4. The van der Waals surface area contributed by atoms with Gasteiger partial charge in [0.15, 0.2) is 0 Å². The summed E-state index contributed by atoms with van der Waals surface area (Å²) < 4.78 is 6.58. The van der Waals surface area contributed by atoms with E-state index >= 15 is 0 Å². The summed E-state index contributed by atoms with van der Waals surface area (Å²) in [5, 5.41) is 0. The summed E-state index contributed by atoms with van der Waals surface area (Å²) in [6.45, 7) is 2.01. The largest absolute Gasteiger partial charge is 0.465 e. The minimum atomic E-state index is -0.380. The Labute approximate surface area is 105 Å². The maximum absolute atomic E-state index is 11.5. The lowest BCUT2D eigenvalue weighted by Crippen LogP contribution is -2.07. The van der Waals surface area contributed by atoms with Gasteiger partial charge in [0.1, 0.15) is 5.82 Å². The molecule has 0 bridgehead atoms. The van der Waals surface area contributed by atoms with Gasteiger partial charge in [-0.05, 0) is 18.2 Å². The summed E-state index contributed by atoms with van der Waals surface area (Å²) in [5.74, 6) is 0.512. The first-order chi connectivity index (χ1) is 8.67. The molecule has 0 fully saturated rings. The van der Waals surface area contributed by atoms with Crippen LogP contribution in [0.25, 0.3) is 5.69 Å². The molecule has 0 spiro atoms. The average Bonchev–Trinajstić information content (AvgIpc) is 2.86. The molecule has 2 aromatic rings. The number of carbonyl (C=O) groups is 1. The maximum Gasteiger partial charge on any atom is 0.337 e. The predicted molar refractivity (Wildman–Crippen MR) is 68.7 cm³/mol. The zero-order chi connectivity index (χ0) is 13.1. The van der Waals surface area contributed by atoms with E-state index < -0.39 is 0 Å². The molecule has 5 nitrogen and oxygen atoms in total. The van der Waals surface area contributed by atoms with Gasteiger partial charge in [-0.1, -0.05) is 6.92 Å². The molecule has 0 atom stereocenters. The van der Waals surface area contributed by atoms with Gasteiger partial charge in [0, 0.05) is 18.8 Å². The summed E-state index contributed by atoms with van der Waals surface area (Å²) in [6.07, 6.45) is 4.32. The zero-order valence-corrected chi connectivity index (χ0v) is 10.4. The first kappa shape index (κ1) is 12.2. The Kier molecular flexibility index (Phi) is 3.32. The van der Waals surface area contributed by atoms with Crippen molar-refractivity contribution in [3.8, 4) is 5.69 Å². The summed E-state index contributed by atoms with van der Waals surface area (Å²) in [7, 11) is 1.35. The Bertz CT molecular complexity index is 575. The monoisotopic (exact) mass is 245 g/mol. The smallest absolute Gasteiger partial charge is 0.337 e. The van der Waals surface area contributed by atoms with Crippen molar-refractivity contribution in [1.82, 2.24) is 9.55 Å². The van der Waals surface area contributed by atoms with Crippen molar-refractivity contribution in [3.63, 3.8) is 0 Å². The highest BCUT2D eigenvalue weighted by atomic mass is 16.5. The van der Waals surface area contributed by atoms with Crippen LogP contribution in [0.2, 0.25) is 0 Å². The Hall–Kier alpha value is -2.30. The third kappa shape index (κ3) is 2.07. The summed E-state index contributed by atoms with van der Waals surface area (Å²) >= 11 is 0. The van der Waals surface area contributed by atoms with Crippen molar-refractivity contribution in [1.29, 1.82) is 0 Å². The molecule has 18 heavy (non-hydrogen) atoms. The topological polar surface area (TPSA) is 70.1 Å². The second-order valence-corrected chi connectivity index (χ2v) is 3.83. The van der Waals surface area contributed by atoms with Gasteiger partial charge in [0.25, 0.3) is 0 Å². The third-order valence-corrected chi connectivity index (χ3v) is 2.74. The highest BCUT2D eigenvalue weighted by molar-refractivity contribution is 5.91. The lowest BCUT2D eigenvalue weighted by molar-refractivity contribution is 0.0600. The Morgan fingerprint density at radius 2 is 2.28 bits per heavy atom. The number of nitrogens with zero attached hydrogens (tertiary/aromatic N) is 2. The van der Waals surface area contributed by atoms with Gasteiger partial charge < -0.3 is 15.0 Å². The van der Waals surface area contributed by atoms with Crippen molar-refractivity contribution < 1.29 is 9.53 Å². The van der Waals surface area contributed by atoms with Crippen LogP contribution in [0.5, 0.6) is 0 Å². The van der Waals surface area contributed by atoms with Crippen LogP contribution in [0.4, 0.5) is 5.69 Å². The third-order valence-electron chi connectivity index (χ3n) is 2.74. The Morgan fingerprint density at radius 1 is 1.50 bits per heavy atom. The highest BCUT2D eigenvalue weighted by Crippen LogP contribution is 2.21. The fourth-order valence-corrected chi connectivity index (χ4v) is 1.81. The molecule has 2 N–H and O–H groups in total. The average molecular weight is 245 g/mol. The fraction of sp³-hybridized carbons (Fsp3) is 0.231. The van der Waals surface area contributed by atoms with E-state index in [2.05, 4.69) is 4.98 Å². The molecule has 1 heterocycles. The number of aryl methyl sites for hydroxylation is 1. The molecule has 1 aromatic carbocycles. The number of carbonyl (C=O) groups excluding carboxylic acids is 1. The zero-order valence-electron chi connectivity index (χ0n) is 10.4. The van der Waals surface area contributed by atoms with E-state index in [0.717, 1.165) is 17.9 Å². The molecule has 0 amide bonds. The quantitative estimate of drug-likeness (QED) is 0.661. The van der Waals surface area contributed by atoms with E-state index in [-0.39, 0.29) is 5.97 Å². The molecule has 1 aromatic heterocycles. The van der Waals surface area contributed by atoms with Crippen LogP contribution >= 0.6 is 0 Å². The second kappa shape index (κ2) is 4.91. The molecule has 94 valence electrons. The van der Waals surface area contributed by atoms with Gasteiger partial charge in [-0.2, -0.15) is 0 Å². The summed E-state index contributed by atoms with van der Waals surface area (Å²) in [4.78, 5) is 15.8. The molecule has 0 aliphatic rings. The van der Waals surface area contributed by atoms with Gasteiger partial charge in [0.05, 0.1) is 24.0 Å². The minimum absolute atomic E-state index is 0.380. The lowest BCUT2D eigenvalue weighted by atomic mass is 10.1. The van der Waals surface area contributed by atoms with Crippen LogP contribution in [-0.2, 0) is 11.2 Å². The molecule has 0 unspecified atom stereocenters. The fourth-order valence-electron chi connectivity index (χ4n) is 1.81. The molecule has 0 saturated carbocycles. The second-order valence-electron chi connectivity index (χ2n) is 3.83. The van der Waals surface area contributed by atoms with Crippen molar-refractivity contribution in [3.05, 3.63) is 42.0 Å². The standard InChI is InChI=1S/C13H15N3O2/c1-3-12-15-6-7-16(12)11-8-9(13(17)18-2)4-5-10(11)14/h4-8H,3,14H2,1-2H3. The highest BCUT2D eigenvalue weighted by Gasteiger charge is 2.11. The van der Waals surface area contributed by atoms with Crippen molar-refractivity contribution in [2.24, 2.45) is 0 Å². The number of rotatable bonds is 3. The molecular formula is C13H15N3O2. The number of esters is 1. The summed E-state index contributed by atoms with van der Waals surface area (Å²) in [5.41, 5.74) is 7.75. The number of hydrogen-bond donors (Lipinski definition) is 1. The number of anilines is 1. The SMILES string of the molecule is CCc1nccn1-c1cc(C(=O)OC)ccc1N. The molecule has 0 aliphatic heterocycles. The number of aromatic nitrogens is 2. The Balaban J connectivity index is 2.53. The van der Waals surface area contributed by atoms with Crippen LogP contribution in [0.1, 0.15) is 23.1 Å². The van der Waals surface area contributed by atoms with Gasteiger partial charge in [0.2, 0.25) is 0 Å². The van der Waals surface area contributed by atoms with Crippen LogP contribution in [0, 0.1) is 0 Å². The minimum Gasteiger partial charge on any atom is -0.465 e. The lowest BCUT2D eigenvalue weighted by Gasteiger charge is -2.11. The number of nitrogen functional groups attached to an aromatic ring is 1. The number of ether oxygens (including phenoxy) is 1. The van der Waals surface area contributed by atoms with E-state index in [9.17, 15) is 4.79 Å². The van der Waals surface area contributed by atoms with Crippen LogP contribution in [0.3, 0.4) is 0 Å². The van der Waals surface area contributed by atoms with E-state index in [0.29, 0.717) is 11.3 Å². The number of imidazole rings is 1. The van der Waals surface area contributed by atoms with Crippen LogP contribution in [-0.4, -0.2) is 22.6 Å².